The average molecular weight is 262 g/mol. The number of ether oxygens (including phenoxy) is 1. The molecule has 1 heterocycles. The van der Waals surface area contributed by atoms with Crippen molar-refractivity contribution >= 4 is 17.3 Å². The van der Waals surface area contributed by atoms with Gasteiger partial charge in [-0.25, -0.2) is 0 Å². The van der Waals surface area contributed by atoms with Crippen molar-refractivity contribution < 1.29 is 9.53 Å². The molecule has 0 saturated heterocycles. The van der Waals surface area contributed by atoms with Gasteiger partial charge in [0.2, 0.25) is 0 Å². The lowest BCUT2D eigenvalue weighted by Gasteiger charge is -2.37. The van der Waals surface area contributed by atoms with E-state index in [9.17, 15) is 4.79 Å². The summed E-state index contributed by atoms with van der Waals surface area (Å²) in [5.41, 5.74) is 7.33. The van der Waals surface area contributed by atoms with E-state index in [0.717, 1.165) is 5.69 Å². The van der Waals surface area contributed by atoms with Gasteiger partial charge in [0.15, 0.2) is 6.10 Å². The summed E-state index contributed by atoms with van der Waals surface area (Å²) in [5.74, 6) is 1.23. The van der Waals surface area contributed by atoms with Gasteiger partial charge >= 0.3 is 0 Å². The van der Waals surface area contributed by atoms with E-state index in [4.69, 9.17) is 10.5 Å². The summed E-state index contributed by atoms with van der Waals surface area (Å²) in [4.78, 5) is 14.3. The first-order chi connectivity index (χ1) is 8.91. The Labute approximate surface area is 114 Å². The highest BCUT2D eigenvalue weighted by molar-refractivity contribution is 6.03. The molecule has 1 amide bonds. The van der Waals surface area contributed by atoms with Gasteiger partial charge in [0.05, 0.1) is 5.69 Å². The van der Waals surface area contributed by atoms with Gasteiger partial charge in [-0.2, -0.15) is 0 Å². The zero-order chi connectivity index (χ0) is 14.2. The fraction of sp³-hybridized carbons (Fsp3) is 0.533. The number of nitrogen functional groups attached to an aromatic ring is 1. The molecule has 104 valence electrons. The van der Waals surface area contributed by atoms with Crippen LogP contribution in [0, 0.1) is 11.8 Å². The van der Waals surface area contributed by atoms with Gasteiger partial charge in [-0.1, -0.05) is 33.8 Å². The van der Waals surface area contributed by atoms with Crippen LogP contribution in [0.2, 0.25) is 0 Å². The van der Waals surface area contributed by atoms with Gasteiger partial charge in [0.25, 0.3) is 5.91 Å². The Bertz CT molecular complexity index is 483. The van der Waals surface area contributed by atoms with Gasteiger partial charge < -0.3 is 15.4 Å². The zero-order valence-electron chi connectivity index (χ0n) is 12.0. The van der Waals surface area contributed by atoms with Gasteiger partial charge in [0, 0.05) is 6.54 Å². The number of rotatable bonds is 3. The number of fused-ring (bicyclic) bond motifs is 1. The summed E-state index contributed by atoms with van der Waals surface area (Å²) in [5, 5.41) is 0. The molecule has 0 radical (unpaired) electrons. The largest absolute Gasteiger partial charge is 0.478 e. The highest BCUT2D eigenvalue weighted by Crippen LogP contribution is 2.40. The number of amides is 1. The predicted octanol–water partition coefficient (Wildman–Crippen LogP) is 2.67. The Morgan fingerprint density at radius 1 is 1.32 bits per heavy atom. The quantitative estimate of drug-likeness (QED) is 0.852. The van der Waals surface area contributed by atoms with Crippen LogP contribution in [0.25, 0.3) is 0 Å². The number of carbonyl (C=O) groups is 1. The smallest absolute Gasteiger partial charge is 0.268 e. The maximum Gasteiger partial charge on any atom is 0.268 e. The van der Waals surface area contributed by atoms with Crippen LogP contribution in [0.4, 0.5) is 11.4 Å². The van der Waals surface area contributed by atoms with E-state index in [0.29, 0.717) is 23.9 Å². The molecule has 0 fully saturated rings. The fourth-order valence-electron chi connectivity index (χ4n) is 2.34. The molecule has 1 aliphatic heterocycles. The van der Waals surface area contributed by atoms with Crippen LogP contribution in [0.5, 0.6) is 5.75 Å². The first-order valence-electron chi connectivity index (χ1n) is 6.78. The molecule has 0 spiro atoms. The van der Waals surface area contributed by atoms with Gasteiger partial charge in [0.1, 0.15) is 11.4 Å². The first kappa shape index (κ1) is 13.7. The van der Waals surface area contributed by atoms with Crippen molar-refractivity contribution in [2.24, 2.45) is 11.8 Å². The molecule has 1 aromatic rings. The van der Waals surface area contributed by atoms with E-state index < -0.39 is 6.10 Å². The Kier molecular flexibility index (Phi) is 3.69. The second-order valence-corrected chi connectivity index (χ2v) is 5.82. The van der Waals surface area contributed by atoms with Crippen LogP contribution in [-0.2, 0) is 4.79 Å². The Morgan fingerprint density at radius 3 is 2.58 bits per heavy atom. The summed E-state index contributed by atoms with van der Waals surface area (Å²) >= 11 is 0. The van der Waals surface area contributed by atoms with Crippen LogP contribution in [0.3, 0.4) is 0 Å². The number of carbonyl (C=O) groups excluding carboxylic acids is 1. The monoisotopic (exact) mass is 262 g/mol. The van der Waals surface area contributed by atoms with Gasteiger partial charge in [-0.15, -0.1) is 0 Å². The maximum atomic E-state index is 12.6. The van der Waals surface area contributed by atoms with E-state index in [-0.39, 0.29) is 11.8 Å². The van der Waals surface area contributed by atoms with E-state index >= 15 is 0 Å². The Balaban J connectivity index is 2.47. The van der Waals surface area contributed by atoms with Crippen LogP contribution >= 0.6 is 0 Å². The van der Waals surface area contributed by atoms with Crippen molar-refractivity contribution in [2.45, 2.75) is 33.8 Å². The fourth-order valence-corrected chi connectivity index (χ4v) is 2.34. The van der Waals surface area contributed by atoms with Crippen LogP contribution in [-0.4, -0.2) is 18.6 Å². The number of benzene rings is 1. The molecule has 1 aliphatic rings. The molecule has 0 bridgehead atoms. The van der Waals surface area contributed by atoms with Crippen LogP contribution < -0.4 is 15.4 Å². The summed E-state index contributed by atoms with van der Waals surface area (Å²) in [6.07, 6.45) is -0.423. The third-order valence-electron chi connectivity index (χ3n) is 3.22. The summed E-state index contributed by atoms with van der Waals surface area (Å²) in [6, 6.07) is 5.54. The first-order valence-corrected chi connectivity index (χ1v) is 6.78. The molecule has 19 heavy (non-hydrogen) atoms. The highest BCUT2D eigenvalue weighted by Gasteiger charge is 2.37. The minimum atomic E-state index is -0.423. The minimum Gasteiger partial charge on any atom is -0.478 e. The number of hydrogen-bond donors (Lipinski definition) is 1. The third-order valence-corrected chi connectivity index (χ3v) is 3.22. The average Bonchev–Trinajstić information content (AvgIpc) is 2.31. The van der Waals surface area contributed by atoms with Crippen molar-refractivity contribution in [3.05, 3.63) is 18.2 Å². The number of nitrogens with zero attached hydrogens (tertiary/aromatic N) is 1. The summed E-state index contributed by atoms with van der Waals surface area (Å²) in [7, 11) is 0. The van der Waals surface area contributed by atoms with Crippen molar-refractivity contribution in [3.8, 4) is 5.75 Å². The Morgan fingerprint density at radius 2 is 2.00 bits per heavy atom. The minimum absolute atomic E-state index is 0.00843. The van der Waals surface area contributed by atoms with E-state index in [2.05, 4.69) is 13.8 Å². The molecule has 1 atom stereocenters. The normalized spacial score (nSPS) is 18.7. The molecule has 4 nitrogen and oxygen atoms in total. The van der Waals surface area contributed by atoms with E-state index in [1.807, 2.05) is 26.0 Å². The van der Waals surface area contributed by atoms with Gasteiger partial charge in [-0.05, 0) is 24.0 Å². The number of para-hydroxylation sites is 1. The lowest BCUT2D eigenvalue weighted by molar-refractivity contribution is -0.128. The topological polar surface area (TPSA) is 55.6 Å². The van der Waals surface area contributed by atoms with E-state index in [1.165, 1.54) is 0 Å². The van der Waals surface area contributed by atoms with Crippen molar-refractivity contribution in [3.63, 3.8) is 0 Å². The molecule has 2 N–H and O–H groups in total. The Hall–Kier alpha value is -1.71. The van der Waals surface area contributed by atoms with Crippen molar-refractivity contribution in [1.29, 1.82) is 0 Å². The lowest BCUT2D eigenvalue weighted by atomic mass is 10.0. The standard InChI is InChI=1S/C15H22N2O2/c1-9(2)8-17-13-11(16)6-5-7-12(13)19-14(10(3)4)15(17)18/h5-7,9-10,14H,8,16H2,1-4H3. The SMILES string of the molecule is CC(C)CN1C(=O)C(C(C)C)Oc2cccc(N)c21. The maximum absolute atomic E-state index is 12.6. The molecule has 1 unspecified atom stereocenters. The number of anilines is 2. The molecule has 0 saturated carbocycles. The molecule has 4 heteroatoms. The molecular weight excluding hydrogens is 240 g/mol. The molecule has 1 aromatic carbocycles. The number of nitrogens with two attached hydrogens (primary N) is 1. The lowest BCUT2D eigenvalue weighted by Crippen LogP contribution is -2.49. The molecule has 0 aliphatic carbocycles. The summed E-state index contributed by atoms with van der Waals surface area (Å²) in [6.45, 7) is 8.82. The molecule has 2 rings (SSSR count). The van der Waals surface area contributed by atoms with Crippen LogP contribution in [0.1, 0.15) is 27.7 Å². The van der Waals surface area contributed by atoms with Crippen molar-refractivity contribution in [2.75, 3.05) is 17.2 Å². The van der Waals surface area contributed by atoms with Crippen molar-refractivity contribution in [1.82, 2.24) is 0 Å². The van der Waals surface area contributed by atoms with Crippen LogP contribution in [0.15, 0.2) is 18.2 Å². The number of hydrogen-bond acceptors (Lipinski definition) is 3. The highest BCUT2D eigenvalue weighted by atomic mass is 16.5. The summed E-state index contributed by atoms with van der Waals surface area (Å²) < 4.78 is 5.83. The van der Waals surface area contributed by atoms with Gasteiger partial charge in [-0.3, -0.25) is 4.79 Å². The zero-order valence-corrected chi connectivity index (χ0v) is 12.0. The second kappa shape index (κ2) is 5.11. The second-order valence-electron chi connectivity index (χ2n) is 5.82. The predicted molar refractivity (Wildman–Crippen MR) is 77.3 cm³/mol. The van der Waals surface area contributed by atoms with E-state index in [1.54, 1.807) is 11.0 Å². The molecular formula is C15H22N2O2. The molecule has 0 aromatic heterocycles. The third kappa shape index (κ3) is 2.53.